The molecule has 0 amide bonds. The number of aryl methyl sites for hydroxylation is 3. The number of nitriles is 1. The van der Waals surface area contributed by atoms with Crippen molar-refractivity contribution in [3.8, 4) is 6.07 Å². The molecule has 0 saturated heterocycles. The molecule has 1 atom stereocenters. The molecular formula is C15H20N2. The normalized spacial score (nSPS) is 18.5. The summed E-state index contributed by atoms with van der Waals surface area (Å²) >= 11 is 0. The van der Waals surface area contributed by atoms with E-state index in [1.54, 1.807) is 0 Å². The minimum atomic E-state index is -0.167. The van der Waals surface area contributed by atoms with Gasteiger partial charge in [0.2, 0.25) is 0 Å². The SMILES string of the molecule is CNC(c1c(C)cc(C)cc1C)C1(C#N)CC1. The van der Waals surface area contributed by atoms with Crippen LogP contribution in [0.1, 0.15) is 41.1 Å². The van der Waals surface area contributed by atoms with Gasteiger partial charge < -0.3 is 5.32 Å². The average Bonchev–Trinajstić information content (AvgIpc) is 3.03. The third-order valence-electron chi connectivity index (χ3n) is 3.88. The first-order valence-corrected chi connectivity index (χ1v) is 6.20. The van der Waals surface area contributed by atoms with Crippen LogP contribution in [0.3, 0.4) is 0 Å². The standard InChI is InChI=1S/C15H20N2/c1-10-7-11(2)13(12(3)8-10)14(17-4)15(9-16)5-6-15/h7-8,14,17H,5-6H2,1-4H3. The van der Waals surface area contributed by atoms with Crippen LogP contribution in [-0.2, 0) is 0 Å². The van der Waals surface area contributed by atoms with Crippen molar-refractivity contribution in [2.45, 2.75) is 39.7 Å². The van der Waals surface area contributed by atoms with E-state index < -0.39 is 0 Å². The van der Waals surface area contributed by atoms with Crippen molar-refractivity contribution in [2.24, 2.45) is 5.41 Å². The number of rotatable bonds is 3. The van der Waals surface area contributed by atoms with Crippen LogP contribution in [0.15, 0.2) is 12.1 Å². The van der Waals surface area contributed by atoms with E-state index in [9.17, 15) is 5.26 Å². The van der Waals surface area contributed by atoms with E-state index in [1.165, 1.54) is 22.3 Å². The van der Waals surface area contributed by atoms with Crippen LogP contribution in [0, 0.1) is 37.5 Å². The van der Waals surface area contributed by atoms with E-state index >= 15 is 0 Å². The minimum absolute atomic E-state index is 0.167. The van der Waals surface area contributed by atoms with E-state index in [0.29, 0.717) is 0 Å². The summed E-state index contributed by atoms with van der Waals surface area (Å²) < 4.78 is 0. The molecule has 2 heteroatoms. The lowest BCUT2D eigenvalue weighted by Gasteiger charge is -2.25. The summed E-state index contributed by atoms with van der Waals surface area (Å²) in [6.45, 7) is 6.41. The molecule has 0 aromatic heterocycles. The molecular weight excluding hydrogens is 208 g/mol. The molecule has 0 heterocycles. The van der Waals surface area contributed by atoms with Crippen molar-refractivity contribution in [2.75, 3.05) is 7.05 Å². The van der Waals surface area contributed by atoms with Gasteiger partial charge in [-0.1, -0.05) is 17.7 Å². The molecule has 1 aliphatic carbocycles. The van der Waals surface area contributed by atoms with Gasteiger partial charge in [0.25, 0.3) is 0 Å². The van der Waals surface area contributed by atoms with Crippen molar-refractivity contribution in [1.29, 1.82) is 5.26 Å². The molecule has 1 aromatic carbocycles. The van der Waals surface area contributed by atoms with Crippen LogP contribution in [0.4, 0.5) is 0 Å². The van der Waals surface area contributed by atoms with Crippen LogP contribution >= 0.6 is 0 Å². The Hall–Kier alpha value is -1.33. The Kier molecular flexibility index (Phi) is 2.97. The first-order chi connectivity index (χ1) is 8.04. The first kappa shape index (κ1) is 12.1. The molecule has 0 radical (unpaired) electrons. The molecule has 1 unspecified atom stereocenters. The Balaban J connectivity index is 2.49. The Labute approximate surface area is 104 Å². The van der Waals surface area contributed by atoms with Gasteiger partial charge in [-0.2, -0.15) is 5.26 Å². The second-order valence-corrected chi connectivity index (χ2v) is 5.30. The zero-order chi connectivity index (χ0) is 12.6. The van der Waals surface area contributed by atoms with Crippen molar-refractivity contribution in [1.82, 2.24) is 5.32 Å². The molecule has 1 N–H and O–H groups in total. The minimum Gasteiger partial charge on any atom is -0.312 e. The van der Waals surface area contributed by atoms with E-state index in [-0.39, 0.29) is 11.5 Å². The molecule has 1 aliphatic rings. The predicted molar refractivity (Wildman–Crippen MR) is 69.7 cm³/mol. The number of nitrogens with one attached hydrogen (secondary N) is 1. The van der Waals surface area contributed by atoms with Crippen molar-refractivity contribution >= 4 is 0 Å². The summed E-state index contributed by atoms with van der Waals surface area (Å²) in [5.74, 6) is 0. The van der Waals surface area contributed by atoms with Crippen LogP contribution in [0.25, 0.3) is 0 Å². The van der Waals surface area contributed by atoms with Crippen LogP contribution < -0.4 is 5.32 Å². The molecule has 1 saturated carbocycles. The molecule has 1 fully saturated rings. The van der Waals surface area contributed by atoms with E-state index in [1.807, 2.05) is 7.05 Å². The summed E-state index contributed by atoms with van der Waals surface area (Å²) in [5, 5.41) is 12.7. The lowest BCUT2D eigenvalue weighted by atomic mass is 9.85. The monoisotopic (exact) mass is 228 g/mol. The second kappa shape index (κ2) is 4.16. The predicted octanol–water partition coefficient (Wildman–Crippen LogP) is 3.18. The lowest BCUT2D eigenvalue weighted by molar-refractivity contribution is 0.440. The first-order valence-electron chi connectivity index (χ1n) is 6.20. The highest BCUT2D eigenvalue weighted by molar-refractivity contribution is 5.42. The second-order valence-electron chi connectivity index (χ2n) is 5.30. The van der Waals surface area contributed by atoms with E-state index in [4.69, 9.17) is 0 Å². The molecule has 0 spiro atoms. The van der Waals surface area contributed by atoms with Crippen LogP contribution in [0.2, 0.25) is 0 Å². The van der Waals surface area contributed by atoms with Gasteiger partial charge in [-0.15, -0.1) is 0 Å². The Morgan fingerprint density at radius 3 is 2.12 bits per heavy atom. The third kappa shape index (κ3) is 1.96. The Bertz CT molecular complexity index is 455. The number of nitrogens with zero attached hydrogens (tertiary/aromatic N) is 1. The summed E-state index contributed by atoms with van der Waals surface area (Å²) in [6.07, 6.45) is 2.03. The van der Waals surface area contributed by atoms with E-state index in [2.05, 4.69) is 44.3 Å². The lowest BCUT2D eigenvalue weighted by Crippen LogP contribution is -2.27. The maximum atomic E-state index is 9.37. The molecule has 0 aliphatic heterocycles. The smallest absolute Gasteiger partial charge is 0.0769 e. The van der Waals surface area contributed by atoms with Gasteiger partial charge >= 0.3 is 0 Å². The maximum absolute atomic E-state index is 9.37. The zero-order valence-corrected chi connectivity index (χ0v) is 11.1. The van der Waals surface area contributed by atoms with Gasteiger partial charge in [0, 0.05) is 0 Å². The fraction of sp³-hybridized carbons (Fsp3) is 0.533. The fourth-order valence-corrected chi connectivity index (χ4v) is 2.94. The van der Waals surface area contributed by atoms with Crippen molar-refractivity contribution in [3.05, 3.63) is 34.4 Å². The number of hydrogen-bond donors (Lipinski definition) is 1. The molecule has 0 bridgehead atoms. The molecule has 1 aromatic rings. The quantitative estimate of drug-likeness (QED) is 0.862. The van der Waals surface area contributed by atoms with Gasteiger partial charge in [0.05, 0.1) is 17.5 Å². The highest BCUT2D eigenvalue weighted by Gasteiger charge is 2.50. The summed E-state index contributed by atoms with van der Waals surface area (Å²) in [6, 6.07) is 7.10. The zero-order valence-electron chi connectivity index (χ0n) is 11.1. The number of hydrogen-bond acceptors (Lipinski definition) is 2. The molecule has 2 nitrogen and oxygen atoms in total. The Morgan fingerprint density at radius 1 is 1.24 bits per heavy atom. The number of benzene rings is 1. The molecule has 17 heavy (non-hydrogen) atoms. The third-order valence-corrected chi connectivity index (χ3v) is 3.88. The topological polar surface area (TPSA) is 35.8 Å². The maximum Gasteiger partial charge on any atom is 0.0769 e. The summed E-state index contributed by atoms with van der Waals surface area (Å²) in [4.78, 5) is 0. The van der Waals surface area contributed by atoms with Gasteiger partial charge in [-0.25, -0.2) is 0 Å². The largest absolute Gasteiger partial charge is 0.312 e. The van der Waals surface area contributed by atoms with Crippen LogP contribution in [0.5, 0.6) is 0 Å². The van der Waals surface area contributed by atoms with Gasteiger partial charge in [-0.05, 0) is 57.4 Å². The molecule has 2 rings (SSSR count). The van der Waals surface area contributed by atoms with Crippen molar-refractivity contribution < 1.29 is 0 Å². The van der Waals surface area contributed by atoms with Crippen LogP contribution in [-0.4, -0.2) is 7.05 Å². The Morgan fingerprint density at radius 2 is 1.76 bits per heavy atom. The highest BCUT2D eigenvalue weighted by atomic mass is 14.9. The highest BCUT2D eigenvalue weighted by Crippen LogP contribution is 2.55. The van der Waals surface area contributed by atoms with Gasteiger partial charge in [0.1, 0.15) is 0 Å². The average molecular weight is 228 g/mol. The van der Waals surface area contributed by atoms with Crippen molar-refractivity contribution in [3.63, 3.8) is 0 Å². The van der Waals surface area contributed by atoms with Gasteiger partial charge in [0.15, 0.2) is 0 Å². The summed E-state index contributed by atoms with van der Waals surface area (Å²) in [5.41, 5.74) is 5.03. The fourth-order valence-electron chi connectivity index (χ4n) is 2.94. The molecule has 90 valence electrons. The van der Waals surface area contributed by atoms with Gasteiger partial charge in [-0.3, -0.25) is 0 Å². The van der Waals surface area contributed by atoms with E-state index in [0.717, 1.165) is 12.8 Å². The summed E-state index contributed by atoms with van der Waals surface area (Å²) in [7, 11) is 1.96.